The first-order valence-electron chi connectivity index (χ1n) is 8.54. The van der Waals surface area contributed by atoms with Crippen LogP contribution >= 0.6 is 0 Å². The van der Waals surface area contributed by atoms with Crippen molar-refractivity contribution in [3.63, 3.8) is 0 Å². The Morgan fingerprint density at radius 2 is 1.53 bits per heavy atom. The second kappa shape index (κ2) is 7.47. The van der Waals surface area contributed by atoms with Crippen LogP contribution in [0.15, 0.2) is 36.6 Å². The van der Waals surface area contributed by atoms with E-state index in [1.807, 2.05) is 0 Å². The van der Waals surface area contributed by atoms with Crippen molar-refractivity contribution in [3.05, 3.63) is 47.7 Å². The molecule has 0 unspecified atom stereocenters. The van der Waals surface area contributed by atoms with Crippen LogP contribution in [0.5, 0.6) is 0 Å². The van der Waals surface area contributed by atoms with Crippen LogP contribution in [0.2, 0.25) is 0 Å². The van der Waals surface area contributed by atoms with Gasteiger partial charge in [0, 0.05) is 0 Å². The lowest BCUT2D eigenvalue weighted by Gasteiger charge is -2.43. The Morgan fingerprint density at radius 1 is 1.03 bits per heavy atom. The van der Waals surface area contributed by atoms with Crippen LogP contribution in [-0.4, -0.2) is 19.9 Å². The summed E-state index contributed by atoms with van der Waals surface area (Å²) in [6, 6.07) is 3.96. The number of rotatable bonds is 6. The molecule has 1 aliphatic carbocycles. The quantitative estimate of drug-likeness (QED) is 0.196. The second-order valence-electron chi connectivity index (χ2n) is 7.34. The van der Waals surface area contributed by atoms with Gasteiger partial charge < -0.3 is 8.92 Å². The molecule has 1 aliphatic rings. The molecule has 5 nitrogen and oxygen atoms in total. The largest absolute Gasteiger partial charge is 0.534 e. The van der Waals surface area contributed by atoms with Gasteiger partial charge in [0.15, 0.2) is 0 Å². The van der Waals surface area contributed by atoms with Gasteiger partial charge in [0.25, 0.3) is 0 Å². The van der Waals surface area contributed by atoms with E-state index in [2.05, 4.69) is 10.8 Å². The van der Waals surface area contributed by atoms with E-state index in [9.17, 15) is 39.6 Å². The number of hydrogen-bond donors (Lipinski definition) is 0. The first-order chi connectivity index (χ1) is 13.4. The molecule has 1 saturated carbocycles. The highest BCUT2D eigenvalue weighted by atomic mass is 32.2. The molecule has 0 heterocycles. The molecule has 1 aromatic rings. The number of ether oxygens (including phenoxy) is 1. The highest BCUT2D eigenvalue weighted by Gasteiger charge is 2.52. The van der Waals surface area contributed by atoms with Gasteiger partial charge in [-0.15, -0.1) is 0 Å². The van der Waals surface area contributed by atoms with Gasteiger partial charge in [-0.2, -0.15) is 34.8 Å². The van der Waals surface area contributed by atoms with E-state index in [-0.39, 0.29) is 18.4 Å². The Labute approximate surface area is 168 Å². The topological polar surface area (TPSA) is 69.7 Å². The molecule has 0 saturated heterocycles. The lowest BCUT2D eigenvalue weighted by Crippen LogP contribution is -2.43. The highest BCUT2D eigenvalue weighted by Crippen LogP contribution is 2.47. The summed E-state index contributed by atoms with van der Waals surface area (Å²) < 4.78 is 107. The van der Waals surface area contributed by atoms with E-state index < -0.39 is 50.1 Å². The predicted octanol–water partition coefficient (Wildman–Crippen LogP) is 5.03. The Bertz CT molecular complexity index is 925. The van der Waals surface area contributed by atoms with Gasteiger partial charge in [-0.1, -0.05) is 18.7 Å². The average Bonchev–Trinajstić information content (AvgIpc) is 2.55. The molecular weight excluding hydrogens is 442 g/mol. The fourth-order valence-corrected chi connectivity index (χ4v) is 3.18. The van der Waals surface area contributed by atoms with E-state index in [1.165, 1.54) is 0 Å². The zero-order chi connectivity index (χ0) is 23.2. The summed E-state index contributed by atoms with van der Waals surface area (Å²) in [5.41, 5.74) is -9.60. The first-order valence-corrected chi connectivity index (χ1v) is 9.94. The van der Waals surface area contributed by atoms with Crippen LogP contribution in [0.3, 0.4) is 0 Å². The summed E-state index contributed by atoms with van der Waals surface area (Å²) in [4.78, 5) is 12.6. The third-order valence-corrected chi connectivity index (χ3v) is 5.88. The summed E-state index contributed by atoms with van der Waals surface area (Å²) in [5, 5.41) is 0. The minimum atomic E-state index is -6.03. The number of esters is 1. The lowest BCUT2D eigenvalue weighted by molar-refractivity contribution is -0.181. The van der Waals surface area contributed by atoms with Crippen LogP contribution in [0.4, 0.5) is 26.3 Å². The van der Waals surface area contributed by atoms with Crippen LogP contribution in [-0.2, 0) is 35.6 Å². The minimum Gasteiger partial charge on any atom is -0.453 e. The van der Waals surface area contributed by atoms with Gasteiger partial charge in [0.1, 0.15) is 16.8 Å². The molecule has 0 spiro atoms. The highest BCUT2D eigenvalue weighted by molar-refractivity contribution is 7.87. The molecule has 0 aliphatic heterocycles. The maximum atomic E-state index is 12.7. The van der Waals surface area contributed by atoms with Gasteiger partial charge in [0.2, 0.25) is 0 Å². The normalized spacial score (nSPS) is 17.1. The zero-order valence-corrected chi connectivity index (χ0v) is 16.7. The molecule has 0 N–H and O–H groups in total. The van der Waals surface area contributed by atoms with E-state index in [1.54, 1.807) is 0 Å². The Balaban J connectivity index is 2.22. The van der Waals surface area contributed by atoms with Crippen molar-refractivity contribution in [2.45, 2.75) is 50.4 Å². The molecule has 2 rings (SSSR count). The number of carbonyl (C=O) groups excluding carboxylic acids is 1. The Morgan fingerprint density at radius 3 is 1.90 bits per heavy atom. The number of hydrogen-bond acceptors (Lipinski definition) is 5. The molecule has 30 heavy (non-hydrogen) atoms. The fourth-order valence-electron chi connectivity index (χ4n) is 2.61. The van der Waals surface area contributed by atoms with Crippen molar-refractivity contribution in [1.82, 2.24) is 0 Å². The minimum absolute atomic E-state index is 0.272. The monoisotopic (exact) mass is 460 g/mol. The Kier molecular flexibility index (Phi) is 5.98. The van der Waals surface area contributed by atoms with E-state index in [0.29, 0.717) is 6.42 Å². The number of alkyl halides is 6. The predicted molar refractivity (Wildman–Crippen MR) is 92.0 cm³/mol. The third-order valence-electron chi connectivity index (χ3n) is 4.89. The average molecular weight is 460 g/mol. The fraction of sp³-hybridized carbons (Fsp3) is 0.500. The summed E-state index contributed by atoms with van der Waals surface area (Å²) in [6.45, 7) is 5.22. The molecule has 0 bridgehead atoms. The summed E-state index contributed by atoms with van der Waals surface area (Å²) >= 11 is 0. The maximum absolute atomic E-state index is 12.7. The molecule has 12 heteroatoms. The molecule has 0 radical (unpaired) electrons. The van der Waals surface area contributed by atoms with Crippen LogP contribution in [0.1, 0.15) is 44.2 Å². The number of carbonyl (C=O) groups is 1. The van der Waals surface area contributed by atoms with E-state index >= 15 is 0 Å². The van der Waals surface area contributed by atoms with Crippen LogP contribution in [0, 0.1) is 5.41 Å². The van der Waals surface area contributed by atoms with Gasteiger partial charge in [-0.3, -0.25) is 4.79 Å². The molecule has 0 aromatic heterocycles. The second-order valence-corrected chi connectivity index (χ2v) is 8.88. The summed E-state index contributed by atoms with van der Waals surface area (Å²) in [6.07, 6.45) is -3.42. The Hall–Kier alpha value is -2.24. The molecular formula is C18H18F6O5S. The van der Waals surface area contributed by atoms with Gasteiger partial charge in [0.05, 0.1) is 5.56 Å². The van der Waals surface area contributed by atoms with E-state index in [4.69, 9.17) is 4.74 Å². The number of halogens is 6. The van der Waals surface area contributed by atoms with Crippen LogP contribution < -0.4 is 0 Å². The van der Waals surface area contributed by atoms with Crippen molar-refractivity contribution in [1.29, 1.82) is 0 Å². The lowest BCUT2D eigenvalue weighted by atomic mass is 9.74. The summed E-state index contributed by atoms with van der Waals surface area (Å²) in [7, 11) is -6.03. The number of benzene rings is 1. The van der Waals surface area contributed by atoms with E-state index in [0.717, 1.165) is 38.1 Å². The van der Waals surface area contributed by atoms with Crippen molar-refractivity contribution >= 4 is 16.1 Å². The van der Waals surface area contributed by atoms with Crippen molar-refractivity contribution in [2.75, 3.05) is 0 Å². The van der Waals surface area contributed by atoms with Gasteiger partial charge >= 0.3 is 27.8 Å². The molecule has 1 aromatic carbocycles. The van der Waals surface area contributed by atoms with Crippen molar-refractivity contribution in [2.24, 2.45) is 5.41 Å². The molecule has 0 atom stereocenters. The van der Waals surface area contributed by atoms with Crippen molar-refractivity contribution < 1.29 is 48.5 Å². The molecule has 0 amide bonds. The SMILES string of the molecule is C=C(OS(=O)(=O)C(F)(F)F)C(C)(C)C(=O)OC1(c2ccc(C(F)(F)F)cc2)CCC1. The standard InChI is InChI=1S/C18H18F6O5S/c1-11(29-30(26,27)18(22,23)24)15(2,3)14(25)28-16(9-4-10-16)12-5-7-13(8-6-12)17(19,20)21/h5-8H,1,4,9-10H2,2-3H3. The van der Waals surface area contributed by atoms with Gasteiger partial charge in [-0.25, -0.2) is 0 Å². The third kappa shape index (κ3) is 4.57. The maximum Gasteiger partial charge on any atom is 0.534 e. The first kappa shape index (κ1) is 24.0. The van der Waals surface area contributed by atoms with Gasteiger partial charge in [-0.05, 0) is 50.8 Å². The molecule has 1 fully saturated rings. The molecule has 168 valence electrons. The van der Waals surface area contributed by atoms with Crippen molar-refractivity contribution in [3.8, 4) is 0 Å². The van der Waals surface area contributed by atoms with Crippen LogP contribution in [0.25, 0.3) is 0 Å². The summed E-state index contributed by atoms with van der Waals surface area (Å²) in [5.74, 6) is -2.14. The smallest absolute Gasteiger partial charge is 0.453 e. The zero-order valence-electron chi connectivity index (χ0n) is 15.9.